The number of carbonyl (C=O) groups excluding carboxylic acids is 2. The minimum Gasteiger partial charge on any atom is -0.483 e. The van der Waals surface area contributed by atoms with Gasteiger partial charge in [0, 0.05) is 25.0 Å². The summed E-state index contributed by atoms with van der Waals surface area (Å²) in [6.07, 6.45) is 0.830. The predicted molar refractivity (Wildman–Crippen MR) is 77.7 cm³/mol. The first-order valence-electron chi connectivity index (χ1n) is 6.39. The molecule has 0 aliphatic heterocycles. The van der Waals surface area contributed by atoms with Crippen molar-refractivity contribution in [1.82, 2.24) is 10.2 Å². The third-order valence-corrected chi connectivity index (χ3v) is 3.42. The minimum absolute atomic E-state index is 0.0355. The second-order valence-electron chi connectivity index (χ2n) is 4.34. The van der Waals surface area contributed by atoms with E-state index in [4.69, 9.17) is 9.84 Å². The molecule has 0 saturated heterocycles. The summed E-state index contributed by atoms with van der Waals surface area (Å²) in [6.45, 7) is 2.24. The molecule has 0 saturated carbocycles. The van der Waals surface area contributed by atoms with Crippen LogP contribution in [-0.4, -0.2) is 54.5 Å². The van der Waals surface area contributed by atoms with Gasteiger partial charge < -0.3 is 20.1 Å². The van der Waals surface area contributed by atoms with Gasteiger partial charge in [-0.15, -0.1) is 11.3 Å². The van der Waals surface area contributed by atoms with Crippen molar-refractivity contribution in [2.24, 2.45) is 0 Å². The molecule has 0 aromatic carbocycles. The highest BCUT2D eigenvalue weighted by Crippen LogP contribution is 2.21. The molecule has 116 valence electrons. The second-order valence-corrected chi connectivity index (χ2v) is 5.25. The summed E-state index contributed by atoms with van der Waals surface area (Å²) in [5, 5.41) is 13.0. The molecule has 0 radical (unpaired) electrons. The van der Waals surface area contributed by atoms with E-state index in [1.54, 1.807) is 0 Å². The molecule has 1 aromatic rings. The summed E-state index contributed by atoms with van der Waals surface area (Å²) in [5.41, 5.74) is 0. The van der Waals surface area contributed by atoms with Crippen LogP contribution in [-0.2, 0) is 9.59 Å². The minimum atomic E-state index is -1.04. The van der Waals surface area contributed by atoms with Crippen LogP contribution in [0.4, 0.5) is 0 Å². The van der Waals surface area contributed by atoms with Crippen molar-refractivity contribution in [3.05, 3.63) is 16.3 Å². The van der Waals surface area contributed by atoms with Crippen LogP contribution in [0, 0.1) is 0 Å². The Morgan fingerprint density at radius 1 is 1.43 bits per heavy atom. The summed E-state index contributed by atoms with van der Waals surface area (Å²) >= 11 is 1.02. The highest BCUT2D eigenvalue weighted by molar-refractivity contribution is 7.12. The fourth-order valence-corrected chi connectivity index (χ4v) is 2.05. The summed E-state index contributed by atoms with van der Waals surface area (Å²) in [7, 11) is 1.51. The van der Waals surface area contributed by atoms with Gasteiger partial charge >= 0.3 is 5.97 Å². The van der Waals surface area contributed by atoms with Crippen molar-refractivity contribution in [1.29, 1.82) is 0 Å². The molecule has 2 N–H and O–H groups in total. The van der Waals surface area contributed by atoms with Crippen molar-refractivity contribution < 1.29 is 24.2 Å². The molecule has 1 heterocycles. The first kappa shape index (κ1) is 17.0. The number of nitrogens with one attached hydrogen (secondary N) is 1. The Bertz CT molecular complexity index is 514. The highest BCUT2D eigenvalue weighted by Gasteiger charge is 2.14. The summed E-state index contributed by atoms with van der Waals surface area (Å²) < 4.78 is 5.21. The number of likely N-dealkylation sites (N-methyl/N-ethyl adjacent to an activating group) is 1. The second kappa shape index (κ2) is 8.25. The molecule has 0 spiro atoms. The molecular formula is C13H18N2O5S. The van der Waals surface area contributed by atoms with E-state index in [-0.39, 0.29) is 29.8 Å². The third-order valence-electron chi connectivity index (χ3n) is 2.53. The monoisotopic (exact) mass is 314 g/mol. The third kappa shape index (κ3) is 5.82. The van der Waals surface area contributed by atoms with Gasteiger partial charge in [0.1, 0.15) is 10.6 Å². The van der Waals surface area contributed by atoms with Crippen LogP contribution < -0.4 is 10.1 Å². The Hall–Kier alpha value is -2.09. The molecule has 7 nitrogen and oxygen atoms in total. The maximum Gasteiger partial charge on any atom is 0.346 e. The number of carboxylic acids is 1. The summed E-state index contributed by atoms with van der Waals surface area (Å²) in [6, 6.07) is 1.36. The van der Waals surface area contributed by atoms with Crippen molar-refractivity contribution in [3.63, 3.8) is 0 Å². The smallest absolute Gasteiger partial charge is 0.346 e. The lowest BCUT2D eigenvalue weighted by Gasteiger charge is -2.16. The number of amides is 2. The molecule has 2 amide bonds. The molecule has 21 heavy (non-hydrogen) atoms. The van der Waals surface area contributed by atoms with E-state index in [9.17, 15) is 14.4 Å². The van der Waals surface area contributed by atoms with Crippen LogP contribution in [0.1, 0.15) is 23.0 Å². The van der Waals surface area contributed by atoms with Crippen LogP contribution in [0.15, 0.2) is 11.4 Å². The number of thiophene rings is 1. The zero-order valence-electron chi connectivity index (χ0n) is 11.9. The van der Waals surface area contributed by atoms with Crippen LogP contribution in [0.2, 0.25) is 0 Å². The Morgan fingerprint density at radius 2 is 2.14 bits per heavy atom. The number of aromatic carboxylic acids is 1. The zero-order valence-corrected chi connectivity index (χ0v) is 12.7. The average Bonchev–Trinajstić information content (AvgIpc) is 2.91. The molecule has 0 aliphatic carbocycles. The van der Waals surface area contributed by atoms with E-state index in [1.807, 2.05) is 6.92 Å². The predicted octanol–water partition coefficient (Wildman–Crippen LogP) is 0.810. The lowest BCUT2D eigenvalue weighted by atomic mass is 10.4. The van der Waals surface area contributed by atoms with Gasteiger partial charge in [0.2, 0.25) is 5.91 Å². The van der Waals surface area contributed by atoms with Gasteiger partial charge in [-0.1, -0.05) is 6.92 Å². The average molecular weight is 314 g/mol. The van der Waals surface area contributed by atoms with E-state index in [2.05, 4.69) is 5.32 Å². The van der Waals surface area contributed by atoms with Gasteiger partial charge in [0.25, 0.3) is 5.91 Å². The Kier molecular flexibility index (Phi) is 6.67. The number of ether oxygens (including phenoxy) is 1. The van der Waals surface area contributed by atoms with Crippen molar-refractivity contribution in [2.45, 2.75) is 13.3 Å². The maximum absolute atomic E-state index is 11.8. The number of carboxylic acid groups (broad SMARTS) is 1. The molecule has 8 heteroatoms. The summed E-state index contributed by atoms with van der Waals surface area (Å²) in [5.74, 6) is -1.29. The lowest BCUT2D eigenvalue weighted by molar-refractivity contribution is -0.136. The first-order valence-corrected chi connectivity index (χ1v) is 7.27. The number of hydrogen-bond acceptors (Lipinski definition) is 5. The molecule has 0 bridgehead atoms. The number of rotatable bonds is 8. The Morgan fingerprint density at radius 3 is 2.71 bits per heavy atom. The molecule has 0 unspecified atom stereocenters. The van der Waals surface area contributed by atoms with E-state index in [1.165, 1.54) is 23.4 Å². The van der Waals surface area contributed by atoms with Gasteiger partial charge in [0.05, 0.1) is 6.54 Å². The van der Waals surface area contributed by atoms with E-state index in [0.29, 0.717) is 12.3 Å². The Labute approximate surface area is 126 Å². The largest absolute Gasteiger partial charge is 0.483 e. The highest BCUT2D eigenvalue weighted by atomic mass is 32.1. The van der Waals surface area contributed by atoms with Gasteiger partial charge in [-0.2, -0.15) is 0 Å². The number of hydrogen-bond donors (Lipinski definition) is 2. The molecular weight excluding hydrogens is 296 g/mol. The van der Waals surface area contributed by atoms with Crippen LogP contribution in [0.3, 0.4) is 0 Å². The summed E-state index contributed by atoms with van der Waals surface area (Å²) in [4.78, 5) is 35.3. The number of carbonyl (C=O) groups is 3. The fraction of sp³-hybridized carbons (Fsp3) is 0.462. The van der Waals surface area contributed by atoms with Gasteiger partial charge in [-0.3, -0.25) is 9.59 Å². The standard InChI is InChI=1S/C13H18N2O5S/c1-3-4-14-11(16)6-15(2)12(17)7-20-9-5-10(13(18)19)21-8-9/h5,8H,3-4,6-7H2,1-2H3,(H,14,16)(H,18,19). The van der Waals surface area contributed by atoms with Crippen molar-refractivity contribution in [3.8, 4) is 5.75 Å². The molecule has 1 aromatic heterocycles. The quantitative estimate of drug-likeness (QED) is 0.740. The molecule has 0 atom stereocenters. The fourth-order valence-electron chi connectivity index (χ4n) is 1.39. The van der Waals surface area contributed by atoms with Crippen LogP contribution in [0.5, 0.6) is 5.75 Å². The normalized spacial score (nSPS) is 10.0. The van der Waals surface area contributed by atoms with Crippen molar-refractivity contribution in [2.75, 3.05) is 26.7 Å². The van der Waals surface area contributed by atoms with Gasteiger partial charge in [0.15, 0.2) is 6.61 Å². The van der Waals surface area contributed by atoms with Crippen LogP contribution in [0.25, 0.3) is 0 Å². The first-order chi connectivity index (χ1) is 9.93. The topological polar surface area (TPSA) is 95.9 Å². The van der Waals surface area contributed by atoms with Crippen molar-refractivity contribution >= 4 is 29.1 Å². The van der Waals surface area contributed by atoms with Gasteiger partial charge in [-0.25, -0.2) is 4.79 Å². The molecule has 0 aliphatic rings. The van der Waals surface area contributed by atoms with E-state index in [0.717, 1.165) is 17.8 Å². The molecule has 0 fully saturated rings. The zero-order chi connectivity index (χ0) is 15.8. The lowest BCUT2D eigenvalue weighted by Crippen LogP contribution is -2.40. The molecule has 1 rings (SSSR count). The Balaban J connectivity index is 2.38. The van der Waals surface area contributed by atoms with E-state index < -0.39 is 5.97 Å². The maximum atomic E-state index is 11.8. The number of nitrogens with zero attached hydrogens (tertiary/aromatic N) is 1. The van der Waals surface area contributed by atoms with Crippen LogP contribution >= 0.6 is 11.3 Å². The van der Waals surface area contributed by atoms with E-state index >= 15 is 0 Å². The SMILES string of the molecule is CCCNC(=O)CN(C)C(=O)COc1csc(C(=O)O)c1. The van der Waals surface area contributed by atoms with Gasteiger partial charge in [-0.05, 0) is 6.42 Å².